The quantitative estimate of drug-likeness (QED) is 0.283. The van der Waals surface area contributed by atoms with E-state index in [1.807, 2.05) is 45.3 Å². The van der Waals surface area contributed by atoms with Gasteiger partial charge in [0.1, 0.15) is 19.0 Å². The van der Waals surface area contributed by atoms with E-state index in [0.717, 1.165) is 23.3 Å². The molecule has 0 spiro atoms. The molecule has 0 fully saturated rings. The minimum atomic E-state index is -1.14. The molecule has 0 radical (unpaired) electrons. The molecule has 158 valence electrons. The number of rotatable bonds is 10. The standard InChI is InChI=1S/C20H24N4O2P2S2/c1-5-20(2,26-19-12-8-17(9-13-19)14-21-23(3)27-29)28(30)24(4)22-15-16-6-10-18(25)11-7-16/h6-15H,5H2,1-4H3/p+1. The smallest absolute Gasteiger partial charge is 0.358 e. The second-order valence-electron chi connectivity index (χ2n) is 6.61. The Hall–Kier alpha value is -1.98. The van der Waals surface area contributed by atoms with E-state index in [1.54, 1.807) is 46.3 Å². The zero-order valence-electron chi connectivity index (χ0n) is 17.3. The summed E-state index contributed by atoms with van der Waals surface area (Å²) in [5.74, 6) is 0.974. The normalized spacial score (nSPS) is 14.1. The number of hydrogen-bond acceptors (Lipinski definition) is 6. The molecule has 0 aliphatic rings. The molecule has 2 aromatic carbocycles. The van der Waals surface area contributed by atoms with Gasteiger partial charge in [-0.3, -0.25) is 0 Å². The molecular formula is C20H25N4O2P2S2+. The fraction of sp³-hybridized carbons (Fsp3) is 0.300. The number of hydrazone groups is 2. The van der Waals surface area contributed by atoms with Crippen molar-refractivity contribution < 1.29 is 9.84 Å². The third kappa shape index (κ3) is 7.06. The highest BCUT2D eigenvalue weighted by Gasteiger charge is 2.44. The maximum absolute atomic E-state index is 9.39. The van der Waals surface area contributed by atoms with Crippen LogP contribution in [0.25, 0.3) is 0 Å². The molecule has 30 heavy (non-hydrogen) atoms. The van der Waals surface area contributed by atoms with Gasteiger partial charge in [0.2, 0.25) is 0 Å². The molecule has 0 saturated carbocycles. The first-order chi connectivity index (χ1) is 14.3. The molecule has 0 aliphatic heterocycles. The highest BCUT2D eigenvalue weighted by atomic mass is 32.4. The molecule has 1 N–H and O–H groups in total. The van der Waals surface area contributed by atoms with E-state index >= 15 is 0 Å². The summed E-state index contributed by atoms with van der Waals surface area (Å²) in [7, 11) is 4.35. The zero-order chi connectivity index (χ0) is 22.1. The van der Waals surface area contributed by atoms with E-state index in [-0.39, 0.29) is 5.75 Å². The monoisotopic (exact) mass is 479 g/mol. The predicted molar refractivity (Wildman–Crippen MR) is 133 cm³/mol. The predicted octanol–water partition coefficient (Wildman–Crippen LogP) is 5.31. The first-order valence-corrected chi connectivity index (χ1v) is 13.4. The highest BCUT2D eigenvalue weighted by molar-refractivity contribution is 8.04. The van der Waals surface area contributed by atoms with Crippen LogP contribution in [0.1, 0.15) is 31.4 Å². The molecule has 2 aromatic rings. The van der Waals surface area contributed by atoms with Crippen LogP contribution in [0.5, 0.6) is 11.5 Å². The molecule has 0 amide bonds. The molecule has 10 heteroatoms. The number of aromatic hydroxyl groups is 1. The van der Waals surface area contributed by atoms with Gasteiger partial charge in [-0.1, -0.05) is 6.92 Å². The Morgan fingerprint density at radius 3 is 2.13 bits per heavy atom. The van der Waals surface area contributed by atoms with Crippen LogP contribution in [0, 0.1) is 0 Å². The average Bonchev–Trinajstić information content (AvgIpc) is 2.77. The lowest BCUT2D eigenvalue weighted by atomic mass is 10.2. The summed E-state index contributed by atoms with van der Waals surface area (Å²) in [5.41, 5.74) is 1.85. The van der Waals surface area contributed by atoms with E-state index in [0.29, 0.717) is 7.51 Å². The third-order valence-corrected chi connectivity index (χ3v) is 9.06. The lowest BCUT2D eigenvalue weighted by molar-refractivity contribution is 0.171. The van der Waals surface area contributed by atoms with Crippen LogP contribution >= 0.6 is 14.4 Å². The average molecular weight is 480 g/mol. The van der Waals surface area contributed by atoms with Crippen molar-refractivity contribution in [2.24, 2.45) is 10.2 Å². The molecule has 0 heterocycles. The van der Waals surface area contributed by atoms with Gasteiger partial charge in [-0.05, 0) is 71.5 Å². The fourth-order valence-electron chi connectivity index (χ4n) is 2.36. The molecule has 0 saturated heterocycles. The minimum absolute atomic E-state index is 0.224. The van der Waals surface area contributed by atoms with Crippen molar-refractivity contribution in [1.82, 2.24) is 9.56 Å². The van der Waals surface area contributed by atoms with Crippen molar-refractivity contribution >= 4 is 50.4 Å². The van der Waals surface area contributed by atoms with Gasteiger partial charge in [-0.25, -0.2) is 4.78 Å². The highest BCUT2D eigenvalue weighted by Crippen LogP contribution is 2.45. The fourth-order valence-corrected chi connectivity index (χ4v) is 4.41. The summed E-state index contributed by atoms with van der Waals surface area (Å²) in [5, 5.41) is 17.6. The summed E-state index contributed by atoms with van der Waals surface area (Å²) in [6, 6.07) is 14.6. The summed E-state index contributed by atoms with van der Waals surface area (Å²) >= 11 is 10.7. The third-order valence-electron chi connectivity index (χ3n) is 4.30. The Labute approximate surface area is 190 Å². The van der Waals surface area contributed by atoms with Gasteiger partial charge in [-0.2, -0.15) is 5.10 Å². The summed E-state index contributed by atoms with van der Waals surface area (Å²) < 4.78 is 9.75. The van der Waals surface area contributed by atoms with Crippen LogP contribution < -0.4 is 4.74 Å². The molecule has 2 rings (SSSR count). The number of nitrogens with zero attached hydrogens (tertiary/aromatic N) is 4. The Morgan fingerprint density at radius 1 is 1.07 bits per heavy atom. The number of ether oxygens (including phenoxy) is 1. The van der Waals surface area contributed by atoms with Gasteiger partial charge in [0.05, 0.1) is 19.5 Å². The number of hydrogen-bond donors (Lipinski definition) is 1. The van der Waals surface area contributed by atoms with Crippen molar-refractivity contribution in [2.75, 3.05) is 14.1 Å². The molecule has 0 aliphatic carbocycles. The van der Waals surface area contributed by atoms with Crippen LogP contribution in [0.2, 0.25) is 0 Å². The Kier molecular flexibility index (Phi) is 9.25. The molecule has 2 atom stereocenters. The van der Waals surface area contributed by atoms with Crippen molar-refractivity contribution in [3.8, 4) is 11.5 Å². The topological polar surface area (TPSA) is 60.7 Å². The Bertz CT molecular complexity index is 923. The largest absolute Gasteiger partial charge is 0.508 e. The Morgan fingerprint density at radius 2 is 1.60 bits per heavy atom. The van der Waals surface area contributed by atoms with E-state index in [2.05, 4.69) is 17.1 Å². The van der Waals surface area contributed by atoms with Crippen LogP contribution in [0.3, 0.4) is 0 Å². The lowest BCUT2D eigenvalue weighted by Gasteiger charge is -2.23. The van der Waals surface area contributed by atoms with Crippen LogP contribution in [0.4, 0.5) is 0 Å². The van der Waals surface area contributed by atoms with E-state index in [1.165, 1.54) is 0 Å². The molecule has 2 unspecified atom stereocenters. The van der Waals surface area contributed by atoms with Crippen molar-refractivity contribution in [2.45, 2.75) is 25.6 Å². The number of phenols is 1. The number of benzene rings is 2. The van der Waals surface area contributed by atoms with E-state index in [4.69, 9.17) is 28.4 Å². The van der Waals surface area contributed by atoms with E-state index in [9.17, 15) is 5.11 Å². The van der Waals surface area contributed by atoms with Crippen LogP contribution in [-0.2, 0) is 23.6 Å². The molecule has 0 bridgehead atoms. The lowest BCUT2D eigenvalue weighted by Crippen LogP contribution is -2.30. The first kappa shape index (κ1) is 24.3. The number of phenolic OH excluding ortho intramolecular Hbond substituents is 1. The van der Waals surface area contributed by atoms with Gasteiger partial charge in [0.25, 0.3) is 5.34 Å². The second kappa shape index (κ2) is 11.4. The maximum atomic E-state index is 9.39. The van der Waals surface area contributed by atoms with Crippen LogP contribution in [-0.4, -0.2) is 46.5 Å². The molecular weight excluding hydrogens is 454 g/mol. The van der Waals surface area contributed by atoms with Crippen molar-refractivity contribution in [3.05, 3.63) is 59.7 Å². The second-order valence-corrected chi connectivity index (χ2v) is 11.0. The SMILES string of the molecule is CCC(C)(Oc1ccc(C=NN(C)P=S)cc1)[P+](=S)N(C)N=Cc1ccc(O)cc1. The first-order valence-electron chi connectivity index (χ1n) is 9.21. The maximum Gasteiger partial charge on any atom is 0.358 e. The summed E-state index contributed by atoms with van der Waals surface area (Å²) in [6.45, 7) is 2.94. The summed E-state index contributed by atoms with van der Waals surface area (Å²) in [4.78, 5) is 0. The molecule has 0 aromatic heterocycles. The summed E-state index contributed by atoms with van der Waals surface area (Å²) in [6.07, 6.45) is 4.23. The van der Waals surface area contributed by atoms with Crippen LogP contribution in [0.15, 0.2) is 58.7 Å². The zero-order valence-corrected chi connectivity index (χ0v) is 20.8. The Balaban J connectivity index is 2.07. The van der Waals surface area contributed by atoms with Crippen molar-refractivity contribution in [3.63, 3.8) is 0 Å². The van der Waals surface area contributed by atoms with Gasteiger partial charge in [0.15, 0.2) is 11.8 Å². The van der Waals surface area contributed by atoms with Gasteiger partial charge >= 0.3 is 6.85 Å². The van der Waals surface area contributed by atoms with Gasteiger partial charge in [0, 0.05) is 20.4 Å². The van der Waals surface area contributed by atoms with Gasteiger partial charge in [-0.15, -0.1) is 9.88 Å². The van der Waals surface area contributed by atoms with Gasteiger partial charge < -0.3 is 9.84 Å². The van der Waals surface area contributed by atoms with Crippen molar-refractivity contribution in [1.29, 1.82) is 0 Å². The molecule has 6 nitrogen and oxygen atoms in total. The minimum Gasteiger partial charge on any atom is -0.508 e. The van der Waals surface area contributed by atoms with E-state index < -0.39 is 12.2 Å².